The molecule has 128 valence electrons. The standard InChI is InChI=1S/C18H23N3O2S/c1-23-16-7-5-14(6-8-16)21-18(22)13-3-2-4-15(9-13)20-11-17-10-19-12-24-17/h2-4,9-10,12,14,16,20H,5-8,11H2,1H3,(H,21,22). The van der Waals surface area contributed by atoms with Crippen LogP contribution in [0.15, 0.2) is 36.0 Å². The minimum atomic E-state index is -0.00249. The number of hydrogen-bond acceptors (Lipinski definition) is 5. The SMILES string of the molecule is COC1CCC(NC(=O)c2cccc(NCc3cncs3)c2)CC1. The van der Waals surface area contributed by atoms with Crippen molar-refractivity contribution in [1.29, 1.82) is 0 Å². The van der Waals surface area contributed by atoms with Crippen molar-refractivity contribution in [2.24, 2.45) is 0 Å². The second-order valence-electron chi connectivity index (χ2n) is 6.08. The van der Waals surface area contributed by atoms with E-state index in [9.17, 15) is 4.79 Å². The molecule has 1 aromatic carbocycles. The Hall–Kier alpha value is -1.92. The molecule has 5 nitrogen and oxygen atoms in total. The van der Waals surface area contributed by atoms with E-state index in [2.05, 4.69) is 15.6 Å². The van der Waals surface area contributed by atoms with Crippen LogP contribution in [-0.2, 0) is 11.3 Å². The van der Waals surface area contributed by atoms with E-state index in [1.807, 2.05) is 36.0 Å². The number of aromatic nitrogens is 1. The minimum absolute atomic E-state index is 0.00249. The first-order valence-corrected chi connectivity index (χ1v) is 9.17. The van der Waals surface area contributed by atoms with Crippen LogP contribution in [0.25, 0.3) is 0 Å². The van der Waals surface area contributed by atoms with Crippen molar-refractivity contribution in [2.75, 3.05) is 12.4 Å². The van der Waals surface area contributed by atoms with Crippen LogP contribution in [0.4, 0.5) is 5.69 Å². The highest BCUT2D eigenvalue weighted by atomic mass is 32.1. The van der Waals surface area contributed by atoms with Crippen molar-refractivity contribution in [3.05, 3.63) is 46.4 Å². The first kappa shape index (κ1) is 16.9. The number of nitrogens with one attached hydrogen (secondary N) is 2. The lowest BCUT2D eigenvalue weighted by Gasteiger charge is -2.28. The molecule has 0 radical (unpaired) electrons. The Kier molecular flexibility index (Phi) is 5.82. The van der Waals surface area contributed by atoms with Gasteiger partial charge in [0, 0.05) is 35.5 Å². The predicted molar refractivity (Wildman–Crippen MR) is 96.4 cm³/mol. The Labute approximate surface area is 146 Å². The molecular formula is C18H23N3O2S. The molecule has 0 unspecified atom stereocenters. The number of anilines is 1. The second kappa shape index (κ2) is 8.26. The molecular weight excluding hydrogens is 322 g/mol. The number of amides is 1. The third-order valence-corrected chi connectivity index (χ3v) is 5.20. The predicted octanol–water partition coefficient (Wildman–Crippen LogP) is 3.44. The molecule has 0 bridgehead atoms. The lowest BCUT2D eigenvalue weighted by molar-refractivity contribution is 0.0599. The average Bonchev–Trinajstić information content (AvgIpc) is 3.14. The van der Waals surface area contributed by atoms with E-state index in [4.69, 9.17) is 4.74 Å². The van der Waals surface area contributed by atoms with Gasteiger partial charge < -0.3 is 15.4 Å². The Morgan fingerprint density at radius 3 is 2.88 bits per heavy atom. The molecule has 3 rings (SSSR count). The molecule has 6 heteroatoms. The van der Waals surface area contributed by atoms with Crippen LogP contribution in [-0.4, -0.2) is 30.1 Å². The van der Waals surface area contributed by atoms with Crippen molar-refractivity contribution in [3.63, 3.8) is 0 Å². The Balaban J connectivity index is 1.54. The smallest absolute Gasteiger partial charge is 0.251 e. The number of nitrogens with zero attached hydrogens (tertiary/aromatic N) is 1. The van der Waals surface area contributed by atoms with Crippen LogP contribution in [0, 0.1) is 0 Å². The molecule has 0 atom stereocenters. The van der Waals surface area contributed by atoms with E-state index in [1.54, 1.807) is 18.4 Å². The monoisotopic (exact) mass is 345 g/mol. The van der Waals surface area contributed by atoms with Crippen LogP contribution in [0.3, 0.4) is 0 Å². The fourth-order valence-electron chi connectivity index (χ4n) is 3.00. The fourth-order valence-corrected chi connectivity index (χ4v) is 3.53. The molecule has 0 saturated heterocycles. The maximum Gasteiger partial charge on any atom is 0.251 e. The molecule has 1 saturated carbocycles. The van der Waals surface area contributed by atoms with Gasteiger partial charge >= 0.3 is 0 Å². The van der Waals surface area contributed by atoms with Gasteiger partial charge in [-0.2, -0.15) is 0 Å². The first-order chi connectivity index (χ1) is 11.7. The second-order valence-corrected chi connectivity index (χ2v) is 7.06. The zero-order chi connectivity index (χ0) is 16.8. The minimum Gasteiger partial charge on any atom is -0.381 e. The summed E-state index contributed by atoms with van der Waals surface area (Å²) in [7, 11) is 1.76. The molecule has 1 fully saturated rings. The normalized spacial score (nSPS) is 20.5. The van der Waals surface area contributed by atoms with Crippen molar-refractivity contribution < 1.29 is 9.53 Å². The van der Waals surface area contributed by atoms with Gasteiger partial charge in [-0.1, -0.05) is 6.07 Å². The largest absolute Gasteiger partial charge is 0.381 e. The third kappa shape index (κ3) is 4.55. The molecule has 0 spiro atoms. The molecule has 1 amide bonds. The maximum atomic E-state index is 12.5. The van der Waals surface area contributed by atoms with Gasteiger partial charge in [0.25, 0.3) is 5.91 Å². The summed E-state index contributed by atoms with van der Waals surface area (Å²) in [4.78, 5) is 17.7. The summed E-state index contributed by atoms with van der Waals surface area (Å²) in [6.07, 6.45) is 6.18. The van der Waals surface area contributed by atoms with Crippen molar-refractivity contribution in [1.82, 2.24) is 10.3 Å². The topological polar surface area (TPSA) is 63.2 Å². The number of carbonyl (C=O) groups excluding carboxylic acids is 1. The third-order valence-electron chi connectivity index (χ3n) is 4.42. The summed E-state index contributed by atoms with van der Waals surface area (Å²) < 4.78 is 5.38. The van der Waals surface area contributed by atoms with Crippen molar-refractivity contribution >= 4 is 22.9 Å². The number of methoxy groups -OCH3 is 1. The van der Waals surface area contributed by atoms with E-state index in [1.165, 1.54) is 4.88 Å². The Morgan fingerprint density at radius 2 is 2.17 bits per heavy atom. The number of benzene rings is 1. The van der Waals surface area contributed by atoms with Gasteiger partial charge in [-0.15, -0.1) is 11.3 Å². The lowest BCUT2D eigenvalue weighted by Crippen LogP contribution is -2.38. The number of ether oxygens (including phenoxy) is 1. The highest BCUT2D eigenvalue weighted by molar-refractivity contribution is 7.09. The van der Waals surface area contributed by atoms with Crippen LogP contribution in [0.2, 0.25) is 0 Å². The fraction of sp³-hybridized carbons (Fsp3) is 0.444. The zero-order valence-electron chi connectivity index (χ0n) is 13.8. The summed E-state index contributed by atoms with van der Waals surface area (Å²) in [5.41, 5.74) is 3.46. The first-order valence-electron chi connectivity index (χ1n) is 8.29. The Bertz CT molecular complexity index is 652. The molecule has 2 aromatic rings. The van der Waals surface area contributed by atoms with Gasteiger partial charge in [0.1, 0.15) is 0 Å². The van der Waals surface area contributed by atoms with Crippen molar-refractivity contribution in [3.8, 4) is 0 Å². The van der Waals surface area contributed by atoms with Gasteiger partial charge in [-0.05, 0) is 43.9 Å². The van der Waals surface area contributed by atoms with Gasteiger partial charge in [0.05, 0.1) is 18.2 Å². The Morgan fingerprint density at radius 1 is 1.33 bits per heavy atom. The summed E-state index contributed by atoms with van der Waals surface area (Å²) in [5, 5.41) is 6.48. The van der Waals surface area contributed by atoms with E-state index in [0.29, 0.717) is 11.7 Å². The van der Waals surface area contributed by atoms with E-state index < -0.39 is 0 Å². The molecule has 24 heavy (non-hydrogen) atoms. The summed E-state index contributed by atoms with van der Waals surface area (Å²) >= 11 is 1.61. The molecule has 1 aliphatic rings. The average molecular weight is 345 g/mol. The quantitative estimate of drug-likeness (QED) is 0.842. The summed E-state index contributed by atoms with van der Waals surface area (Å²) in [6, 6.07) is 7.89. The lowest BCUT2D eigenvalue weighted by atomic mass is 9.93. The molecule has 1 heterocycles. The number of rotatable bonds is 6. The van der Waals surface area contributed by atoms with Gasteiger partial charge in [-0.25, -0.2) is 0 Å². The van der Waals surface area contributed by atoms with Gasteiger partial charge in [0.15, 0.2) is 0 Å². The van der Waals surface area contributed by atoms with Gasteiger partial charge in [-0.3, -0.25) is 9.78 Å². The van der Waals surface area contributed by atoms with Crippen LogP contribution in [0.1, 0.15) is 40.9 Å². The van der Waals surface area contributed by atoms with Crippen LogP contribution < -0.4 is 10.6 Å². The van der Waals surface area contributed by atoms with Crippen LogP contribution in [0.5, 0.6) is 0 Å². The summed E-state index contributed by atoms with van der Waals surface area (Å²) in [6.45, 7) is 0.719. The van der Waals surface area contributed by atoms with Gasteiger partial charge in [0.2, 0.25) is 0 Å². The van der Waals surface area contributed by atoms with Crippen LogP contribution >= 0.6 is 11.3 Å². The highest BCUT2D eigenvalue weighted by Gasteiger charge is 2.22. The summed E-state index contributed by atoms with van der Waals surface area (Å²) in [5.74, 6) is -0.00249. The molecule has 2 N–H and O–H groups in total. The van der Waals surface area contributed by atoms with Crippen molar-refractivity contribution in [2.45, 2.75) is 44.4 Å². The number of thiazole rings is 1. The molecule has 1 aromatic heterocycles. The zero-order valence-corrected chi connectivity index (χ0v) is 14.6. The van der Waals surface area contributed by atoms with E-state index >= 15 is 0 Å². The van der Waals surface area contributed by atoms with E-state index in [0.717, 1.165) is 37.9 Å². The number of hydrogen-bond donors (Lipinski definition) is 2. The molecule has 0 aliphatic heterocycles. The van der Waals surface area contributed by atoms with E-state index in [-0.39, 0.29) is 11.9 Å². The maximum absolute atomic E-state index is 12.5. The number of carbonyl (C=O) groups is 1. The molecule has 1 aliphatic carbocycles. The highest BCUT2D eigenvalue weighted by Crippen LogP contribution is 2.21.